The Morgan fingerprint density at radius 3 is 2.96 bits per heavy atom. The molecule has 0 saturated carbocycles. The second-order valence-electron chi connectivity index (χ2n) is 4.98. The second-order valence-corrected chi connectivity index (χ2v) is 6.92. The lowest BCUT2D eigenvalue weighted by atomic mass is 10.1. The number of thiophene rings is 1. The zero-order chi connectivity index (χ0) is 14.7. The highest BCUT2D eigenvalue weighted by molar-refractivity contribution is 7.10. The summed E-state index contributed by atoms with van der Waals surface area (Å²) in [5.74, 6) is -0.112. The number of fused-ring (bicyclic) bond motifs is 1. The number of aromatic nitrogens is 1. The van der Waals surface area contributed by atoms with Gasteiger partial charge in [0, 0.05) is 43.0 Å². The zero-order valence-corrected chi connectivity index (χ0v) is 15.8. The molecule has 0 aliphatic carbocycles. The number of nitrogens with one attached hydrogen (secondary N) is 1. The van der Waals surface area contributed by atoms with Crippen LogP contribution in [0, 0.1) is 0 Å². The van der Waals surface area contributed by atoms with Crippen molar-refractivity contribution in [2.75, 3.05) is 19.6 Å². The molecule has 3 N–H and O–H groups in total. The van der Waals surface area contributed by atoms with Crippen LogP contribution in [-0.4, -0.2) is 35.4 Å². The summed E-state index contributed by atoms with van der Waals surface area (Å²) in [6.07, 6.45) is 1.12. The van der Waals surface area contributed by atoms with Gasteiger partial charge in [0.1, 0.15) is 10.7 Å². The van der Waals surface area contributed by atoms with Gasteiger partial charge in [-0.15, -0.1) is 47.5 Å². The standard InChI is InChI=1S/C14H18N4OS2.2ClH/c15-7-13-17-11(9-21-13)14(19)16-3-5-18-4-1-12-10(8-18)2-6-20-12;;/h2,6,9H,1,3-5,7-8,15H2,(H,16,19);2*1H. The van der Waals surface area contributed by atoms with Gasteiger partial charge in [-0.3, -0.25) is 9.69 Å². The van der Waals surface area contributed by atoms with Gasteiger partial charge in [-0.1, -0.05) is 0 Å². The molecule has 0 unspecified atom stereocenters. The molecule has 0 fully saturated rings. The van der Waals surface area contributed by atoms with Crippen molar-refractivity contribution in [3.8, 4) is 0 Å². The van der Waals surface area contributed by atoms with E-state index in [9.17, 15) is 4.79 Å². The first-order valence-electron chi connectivity index (χ1n) is 6.96. The number of rotatable bonds is 5. The van der Waals surface area contributed by atoms with Crippen LogP contribution in [-0.2, 0) is 19.5 Å². The van der Waals surface area contributed by atoms with Crippen LogP contribution >= 0.6 is 47.5 Å². The number of carbonyl (C=O) groups excluding carboxylic acids is 1. The van der Waals surface area contributed by atoms with Crippen molar-refractivity contribution in [1.82, 2.24) is 15.2 Å². The molecule has 2 aromatic heterocycles. The van der Waals surface area contributed by atoms with Crippen LogP contribution < -0.4 is 11.1 Å². The van der Waals surface area contributed by atoms with E-state index in [0.717, 1.165) is 31.1 Å². The lowest BCUT2D eigenvalue weighted by Crippen LogP contribution is -2.37. The van der Waals surface area contributed by atoms with Crippen molar-refractivity contribution >= 4 is 53.4 Å². The minimum atomic E-state index is -0.112. The fraction of sp³-hybridized carbons (Fsp3) is 0.429. The summed E-state index contributed by atoms with van der Waals surface area (Å²) in [4.78, 5) is 20.0. The van der Waals surface area contributed by atoms with Gasteiger partial charge in [-0.25, -0.2) is 4.98 Å². The Labute approximate surface area is 156 Å². The zero-order valence-electron chi connectivity index (χ0n) is 12.5. The second kappa shape index (κ2) is 9.56. The molecule has 5 nitrogen and oxygen atoms in total. The summed E-state index contributed by atoms with van der Waals surface area (Å²) in [5.41, 5.74) is 7.41. The quantitative estimate of drug-likeness (QED) is 0.815. The summed E-state index contributed by atoms with van der Waals surface area (Å²) in [6, 6.07) is 2.20. The van der Waals surface area contributed by atoms with E-state index in [1.54, 1.807) is 5.38 Å². The van der Waals surface area contributed by atoms with Gasteiger partial charge in [0.25, 0.3) is 5.91 Å². The number of amides is 1. The molecule has 9 heteroatoms. The van der Waals surface area contributed by atoms with Gasteiger partial charge in [0.2, 0.25) is 0 Å². The van der Waals surface area contributed by atoms with Gasteiger partial charge in [0.15, 0.2) is 0 Å². The van der Waals surface area contributed by atoms with E-state index >= 15 is 0 Å². The molecule has 0 spiro atoms. The van der Waals surface area contributed by atoms with E-state index < -0.39 is 0 Å². The SMILES string of the molecule is Cl.Cl.NCc1nc(C(=O)NCCN2CCc3sccc3C2)cs1. The van der Waals surface area contributed by atoms with Crippen LogP contribution in [0.1, 0.15) is 25.9 Å². The van der Waals surface area contributed by atoms with Gasteiger partial charge >= 0.3 is 0 Å². The molecule has 3 rings (SSSR count). The van der Waals surface area contributed by atoms with E-state index in [-0.39, 0.29) is 30.7 Å². The third-order valence-electron chi connectivity index (χ3n) is 3.56. The molecule has 2 aromatic rings. The highest BCUT2D eigenvalue weighted by atomic mass is 35.5. The number of hydrogen-bond acceptors (Lipinski definition) is 6. The smallest absolute Gasteiger partial charge is 0.270 e. The average Bonchev–Trinajstić information content (AvgIpc) is 3.15. The van der Waals surface area contributed by atoms with E-state index in [1.165, 1.54) is 21.8 Å². The number of nitrogens with zero attached hydrogens (tertiary/aromatic N) is 2. The van der Waals surface area contributed by atoms with Crippen LogP contribution in [0.4, 0.5) is 0 Å². The van der Waals surface area contributed by atoms with Gasteiger partial charge in [-0.05, 0) is 23.4 Å². The van der Waals surface area contributed by atoms with E-state index in [0.29, 0.717) is 18.8 Å². The lowest BCUT2D eigenvalue weighted by molar-refractivity contribution is 0.0943. The van der Waals surface area contributed by atoms with Crippen molar-refractivity contribution in [3.05, 3.63) is 38.0 Å². The summed E-state index contributed by atoms with van der Waals surface area (Å²) in [6.45, 7) is 3.96. The number of carbonyl (C=O) groups is 1. The summed E-state index contributed by atoms with van der Waals surface area (Å²) in [7, 11) is 0. The normalized spacial score (nSPS) is 13.6. The Bertz CT molecular complexity index is 632. The molecule has 0 bridgehead atoms. The minimum absolute atomic E-state index is 0. The molecule has 1 aliphatic rings. The maximum Gasteiger partial charge on any atom is 0.270 e. The Balaban J connectivity index is 0.00000132. The van der Waals surface area contributed by atoms with Gasteiger partial charge in [0.05, 0.1) is 0 Å². The highest BCUT2D eigenvalue weighted by Crippen LogP contribution is 2.23. The summed E-state index contributed by atoms with van der Waals surface area (Å²) in [5, 5.41) is 7.64. The number of nitrogens with two attached hydrogens (primary N) is 1. The highest BCUT2D eigenvalue weighted by Gasteiger charge is 2.17. The molecule has 3 heterocycles. The Hall–Kier alpha value is -0.700. The largest absolute Gasteiger partial charge is 0.349 e. The molecule has 0 saturated heterocycles. The van der Waals surface area contributed by atoms with Crippen LogP contribution in [0.25, 0.3) is 0 Å². The van der Waals surface area contributed by atoms with Gasteiger partial charge < -0.3 is 11.1 Å². The predicted octanol–water partition coefficient (Wildman–Crippen LogP) is 2.30. The monoisotopic (exact) mass is 394 g/mol. The van der Waals surface area contributed by atoms with Crippen LogP contribution in [0.2, 0.25) is 0 Å². The molecule has 23 heavy (non-hydrogen) atoms. The molecular formula is C14H20Cl2N4OS2. The Morgan fingerprint density at radius 2 is 2.22 bits per heavy atom. The van der Waals surface area contributed by atoms with Crippen LogP contribution in [0.3, 0.4) is 0 Å². The number of hydrogen-bond donors (Lipinski definition) is 2. The van der Waals surface area contributed by atoms with Crippen molar-refractivity contribution in [2.45, 2.75) is 19.5 Å². The third-order valence-corrected chi connectivity index (χ3v) is 5.45. The maximum atomic E-state index is 11.9. The van der Waals surface area contributed by atoms with E-state index in [4.69, 9.17) is 5.73 Å². The molecule has 0 aromatic carbocycles. The lowest BCUT2D eigenvalue weighted by Gasteiger charge is -2.26. The first-order valence-corrected chi connectivity index (χ1v) is 8.72. The number of halogens is 2. The minimum Gasteiger partial charge on any atom is -0.349 e. The van der Waals surface area contributed by atoms with Crippen molar-refractivity contribution < 1.29 is 4.79 Å². The Kier molecular flexibility index (Phi) is 8.46. The van der Waals surface area contributed by atoms with Gasteiger partial charge in [-0.2, -0.15) is 0 Å². The van der Waals surface area contributed by atoms with Crippen LogP contribution in [0.5, 0.6) is 0 Å². The Morgan fingerprint density at radius 1 is 1.39 bits per heavy atom. The van der Waals surface area contributed by atoms with E-state index in [1.807, 2.05) is 11.3 Å². The first kappa shape index (κ1) is 20.3. The van der Waals surface area contributed by atoms with E-state index in [2.05, 4.69) is 26.6 Å². The molecule has 0 atom stereocenters. The van der Waals surface area contributed by atoms with Crippen molar-refractivity contribution in [3.63, 3.8) is 0 Å². The molecule has 0 radical (unpaired) electrons. The predicted molar refractivity (Wildman–Crippen MR) is 100 cm³/mol. The maximum absolute atomic E-state index is 11.9. The third kappa shape index (κ3) is 5.14. The van der Waals surface area contributed by atoms with Crippen molar-refractivity contribution in [2.24, 2.45) is 5.73 Å². The number of thiazole rings is 1. The first-order chi connectivity index (χ1) is 10.3. The molecule has 128 valence electrons. The average molecular weight is 395 g/mol. The van der Waals surface area contributed by atoms with Crippen LogP contribution in [0.15, 0.2) is 16.8 Å². The topological polar surface area (TPSA) is 71.2 Å². The molecule has 1 aliphatic heterocycles. The fourth-order valence-corrected chi connectivity index (χ4v) is 3.97. The van der Waals surface area contributed by atoms with Crippen molar-refractivity contribution in [1.29, 1.82) is 0 Å². The fourth-order valence-electron chi connectivity index (χ4n) is 2.42. The summed E-state index contributed by atoms with van der Waals surface area (Å²) >= 11 is 3.27. The molecular weight excluding hydrogens is 375 g/mol. The summed E-state index contributed by atoms with van der Waals surface area (Å²) < 4.78 is 0. The molecule has 1 amide bonds.